The van der Waals surface area contributed by atoms with E-state index in [-0.39, 0.29) is 11.8 Å². The Morgan fingerprint density at radius 3 is 2.89 bits per heavy atom. The molecule has 1 fully saturated rings. The number of hydrogen-bond acceptors (Lipinski definition) is 5. The van der Waals surface area contributed by atoms with Gasteiger partial charge >= 0.3 is 0 Å². The molecule has 0 unspecified atom stereocenters. The Morgan fingerprint density at radius 1 is 1.26 bits per heavy atom. The summed E-state index contributed by atoms with van der Waals surface area (Å²) in [5.41, 5.74) is 1.77. The van der Waals surface area contributed by atoms with Gasteiger partial charge in [-0.15, -0.1) is 0 Å². The van der Waals surface area contributed by atoms with Crippen molar-refractivity contribution in [3.63, 3.8) is 0 Å². The molecule has 0 spiro atoms. The maximum absolute atomic E-state index is 12.3. The highest BCUT2D eigenvalue weighted by Crippen LogP contribution is 2.32. The zero-order valence-electron chi connectivity index (χ0n) is 15.3. The van der Waals surface area contributed by atoms with Gasteiger partial charge in [0.15, 0.2) is 5.82 Å². The Morgan fingerprint density at radius 2 is 2.07 bits per heavy atom. The summed E-state index contributed by atoms with van der Waals surface area (Å²) in [4.78, 5) is 30.5. The zero-order chi connectivity index (χ0) is 18.6. The standard InChI is InChI=1S/C20H24N4O3/c25-18(10-12-24-13-15-7-3-4-8-16(15)20(24)26)21-11-9-17-22-19(27-23-17)14-5-1-2-6-14/h3-4,7-8,14H,1-2,5-6,9-13H2,(H,21,25). The molecule has 27 heavy (non-hydrogen) atoms. The van der Waals surface area contributed by atoms with E-state index >= 15 is 0 Å². The van der Waals surface area contributed by atoms with Crippen LogP contribution in [0.1, 0.15) is 65.7 Å². The fourth-order valence-corrected chi connectivity index (χ4v) is 3.84. The van der Waals surface area contributed by atoms with Crippen LogP contribution in [-0.2, 0) is 17.8 Å². The van der Waals surface area contributed by atoms with Gasteiger partial charge in [0.1, 0.15) is 0 Å². The lowest BCUT2D eigenvalue weighted by atomic mass is 10.1. The number of nitrogens with zero attached hydrogens (tertiary/aromatic N) is 3. The van der Waals surface area contributed by atoms with Crippen molar-refractivity contribution in [1.82, 2.24) is 20.4 Å². The van der Waals surface area contributed by atoms with Gasteiger partial charge in [-0.05, 0) is 24.5 Å². The van der Waals surface area contributed by atoms with E-state index in [4.69, 9.17) is 4.52 Å². The van der Waals surface area contributed by atoms with E-state index in [1.165, 1.54) is 12.8 Å². The molecule has 2 aliphatic rings. The minimum atomic E-state index is -0.0710. The zero-order valence-corrected chi connectivity index (χ0v) is 15.3. The fraction of sp³-hybridized carbons (Fsp3) is 0.500. The highest BCUT2D eigenvalue weighted by molar-refractivity contribution is 5.98. The molecule has 0 saturated heterocycles. The third-order valence-electron chi connectivity index (χ3n) is 5.36. The van der Waals surface area contributed by atoms with Crippen LogP contribution in [0.25, 0.3) is 0 Å². The Hall–Kier alpha value is -2.70. The monoisotopic (exact) mass is 368 g/mol. The van der Waals surface area contributed by atoms with Crippen LogP contribution in [-0.4, -0.2) is 39.9 Å². The van der Waals surface area contributed by atoms with Crippen molar-refractivity contribution in [2.24, 2.45) is 0 Å². The van der Waals surface area contributed by atoms with E-state index in [9.17, 15) is 9.59 Å². The molecule has 4 rings (SSSR count). The molecule has 1 aliphatic carbocycles. The summed E-state index contributed by atoms with van der Waals surface area (Å²) >= 11 is 0. The summed E-state index contributed by atoms with van der Waals surface area (Å²) in [5.74, 6) is 1.72. The van der Waals surface area contributed by atoms with Crippen molar-refractivity contribution in [2.45, 2.75) is 51.0 Å². The van der Waals surface area contributed by atoms with Crippen molar-refractivity contribution in [1.29, 1.82) is 0 Å². The van der Waals surface area contributed by atoms with Gasteiger partial charge in [-0.25, -0.2) is 0 Å². The Bertz CT molecular complexity index is 826. The van der Waals surface area contributed by atoms with Crippen LogP contribution >= 0.6 is 0 Å². The average molecular weight is 368 g/mol. The molecule has 1 aliphatic heterocycles. The normalized spacial score (nSPS) is 16.7. The number of hydrogen-bond donors (Lipinski definition) is 1. The Labute approximate surface area is 158 Å². The summed E-state index contributed by atoms with van der Waals surface area (Å²) in [6.45, 7) is 1.47. The smallest absolute Gasteiger partial charge is 0.254 e. The van der Waals surface area contributed by atoms with Gasteiger partial charge in [-0.3, -0.25) is 9.59 Å². The quantitative estimate of drug-likeness (QED) is 0.811. The minimum Gasteiger partial charge on any atom is -0.356 e. The van der Waals surface area contributed by atoms with Crippen molar-refractivity contribution in [3.05, 3.63) is 47.1 Å². The fourth-order valence-electron chi connectivity index (χ4n) is 3.84. The molecule has 1 saturated carbocycles. The van der Waals surface area contributed by atoms with E-state index in [1.807, 2.05) is 24.3 Å². The van der Waals surface area contributed by atoms with Gasteiger partial charge in [0.2, 0.25) is 11.8 Å². The minimum absolute atomic E-state index is 0.00430. The average Bonchev–Trinajstić information content (AvgIpc) is 3.41. The SMILES string of the molecule is O=C(CCN1Cc2ccccc2C1=O)NCCc1noc(C2CCCC2)n1. The first-order chi connectivity index (χ1) is 13.2. The number of benzene rings is 1. The first kappa shape index (κ1) is 17.7. The second-order valence-corrected chi connectivity index (χ2v) is 7.26. The van der Waals surface area contributed by atoms with E-state index in [0.29, 0.717) is 44.2 Å². The van der Waals surface area contributed by atoms with Crippen LogP contribution in [0.5, 0.6) is 0 Å². The lowest BCUT2D eigenvalue weighted by Gasteiger charge is -2.15. The largest absolute Gasteiger partial charge is 0.356 e. The van der Waals surface area contributed by atoms with Gasteiger partial charge in [-0.2, -0.15) is 4.98 Å². The van der Waals surface area contributed by atoms with Crippen LogP contribution in [0.15, 0.2) is 28.8 Å². The van der Waals surface area contributed by atoms with E-state index in [1.54, 1.807) is 4.90 Å². The molecule has 1 aromatic heterocycles. The molecular formula is C20H24N4O3. The molecule has 2 amide bonds. The Balaban J connectivity index is 1.18. The van der Waals surface area contributed by atoms with Crippen LogP contribution in [0.4, 0.5) is 0 Å². The van der Waals surface area contributed by atoms with Crippen molar-refractivity contribution in [3.8, 4) is 0 Å². The van der Waals surface area contributed by atoms with E-state index < -0.39 is 0 Å². The number of carbonyl (C=O) groups excluding carboxylic acids is 2. The van der Waals surface area contributed by atoms with Crippen LogP contribution in [0, 0.1) is 0 Å². The summed E-state index contributed by atoms with van der Waals surface area (Å²) in [5, 5.41) is 6.88. The number of fused-ring (bicyclic) bond motifs is 1. The van der Waals surface area contributed by atoms with Gasteiger partial charge in [-0.1, -0.05) is 36.2 Å². The summed E-state index contributed by atoms with van der Waals surface area (Å²) < 4.78 is 5.35. The molecule has 1 N–H and O–H groups in total. The number of amides is 2. The van der Waals surface area contributed by atoms with Gasteiger partial charge in [0.05, 0.1) is 0 Å². The van der Waals surface area contributed by atoms with Crippen molar-refractivity contribution < 1.29 is 14.1 Å². The number of aromatic nitrogens is 2. The molecule has 7 heteroatoms. The lowest BCUT2D eigenvalue weighted by Crippen LogP contribution is -2.32. The molecule has 1 aromatic carbocycles. The van der Waals surface area contributed by atoms with E-state index in [0.717, 1.165) is 29.9 Å². The second-order valence-electron chi connectivity index (χ2n) is 7.26. The van der Waals surface area contributed by atoms with Crippen LogP contribution in [0.3, 0.4) is 0 Å². The van der Waals surface area contributed by atoms with Gasteiger partial charge in [0, 0.05) is 44.0 Å². The first-order valence-corrected chi connectivity index (χ1v) is 9.67. The molecule has 0 radical (unpaired) electrons. The van der Waals surface area contributed by atoms with E-state index in [2.05, 4.69) is 15.5 Å². The van der Waals surface area contributed by atoms with Crippen molar-refractivity contribution >= 4 is 11.8 Å². The van der Waals surface area contributed by atoms with Gasteiger partial charge in [0.25, 0.3) is 5.91 Å². The number of carbonyl (C=O) groups is 2. The lowest BCUT2D eigenvalue weighted by molar-refractivity contribution is -0.121. The predicted octanol–water partition coefficient (Wildman–Crippen LogP) is 2.43. The topological polar surface area (TPSA) is 88.3 Å². The van der Waals surface area contributed by atoms with Gasteiger partial charge < -0.3 is 14.7 Å². The highest BCUT2D eigenvalue weighted by Gasteiger charge is 2.26. The number of rotatable bonds is 7. The Kier molecular flexibility index (Phi) is 5.18. The highest BCUT2D eigenvalue weighted by atomic mass is 16.5. The molecular weight excluding hydrogens is 344 g/mol. The van der Waals surface area contributed by atoms with Crippen LogP contribution in [0.2, 0.25) is 0 Å². The third-order valence-corrected chi connectivity index (χ3v) is 5.36. The molecule has 0 bridgehead atoms. The second kappa shape index (κ2) is 7.90. The molecule has 2 aromatic rings. The van der Waals surface area contributed by atoms with Crippen molar-refractivity contribution in [2.75, 3.05) is 13.1 Å². The predicted molar refractivity (Wildman–Crippen MR) is 98.0 cm³/mol. The first-order valence-electron chi connectivity index (χ1n) is 9.67. The van der Waals surface area contributed by atoms with Crippen LogP contribution < -0.4 is 5.32 Å². The molecule has 2 heterocycles. The summed E-state index contributed by atoms with van der Waals surface area (Å²) in [7, 11) is 0. The maximum atomic E-state index is 12.3. The molecule has 0 atom stereocenters. The molecule has 7 nitrogen and oxygen atoms in total. The number of nitrogens with one attached hydrogen (secondary N) is 1. The third kappa shape index (κ3) is 4.02. The summed E-state index contributed by atoms with van der Waals surface area (Å²) in [6.07, 6.45) is 5.54. The maximum Gasteiger partial charge on any atom is 0.254 e. The summed E-state index contributed by atoms with van der Waals surface area (Å²) in [6, 6.07) is 7.59. The molecule has 142 valence electrons.